The molecule has 19 heavy (non-hydrogen) atoms. The van der Waals surface area contributed by atoms with Crippen LogP contribution in [0, 0.1) is 0 Å². The van der Waals surface area contributed by atoms with E-state index in [9.17, 15) is 22.4 Å². The minimum absolute atomic E-state index is 0.199. The first-order valence-corrected chi connectivity index (χ1v) is 6.48. The van der Waals surface area contributed by atoms with Crippen molar-refractivity contribution in [3.05, 3.63) is 15.9 Å². The smallest absolute Gasteiger partial charge is 0.292 e. The maximum atomic E-state index is 12.9. The van der Waals surface area contributed by atoms with Crippen LogP contribution in [0.5, 0.6) is 0 Å². The van der Waals surface area contributed by atoms with Gasteiger partial charge in [0.15, 0.2) is 0 Å². The Morgan fingerprint density at radius 2 is 2.00 bits per heavy atom. The van der Waals surface area contributed by atoms with Gasteiger partial charge in [-0.1, -0.05) is 6.92 Å². The number of carbonyl (C=O) groups is 1. The van der Waals surface area contributed by atoms with Gasteiger partial charge in [-0.2, -0.15) is 13.9 Å². The van der Waals surface area contributed by atoms with Crippen molar-refractivity contribution in [1.82, 2.24) is 9.78 Å². The summed E-state index contributed by atoms with van der Waals surface area (Å²) in [6.45, 7) is 3.89. The molecule has 0 bridgehead atoms. The number of carbonyl (C=O) groups excluding carboxylic acids is 1. The van der Waals surface area contributed by atoms with Crippen LogP contribution in [0.3, 0.4) is 0 Å². The molecule has 108 valence electrons. The predicted molar refractivity (Wildman–Crippen MR) is 64.6 cm³/mol. The highest BCUT2D eigenvalue weighted by Gasteiger charge is 2.48. The van der Waals surface area contributed by atoms with E-state index in [1.807, 2.05) is 6.92 Å². The summed E-state index contributed by atoms with van der Waals surface area (Å²) in [7, 11) is 0. The average Bonchev–Trinajstić information content (AvgIpc) is 2.65. The lowest BCUT2D eigenvalue weighted by Gasteiger charge is -2.14. The topological polar surface area (TPSA) is 34.9 Å². The van der Waals surface area contributed by atoms with Crippen LogP contribution in [-0.2, 0) is 24.2 Å². The van der Waals surface area contributed by atoms with E-state index in [0.29, 0.717) is 23.1 Å². The second-order valence-electron chi connectivity index (χ2n) is 3.90. The van der Waals surface area contributed by atoms with Crippen molar-refractivity contribution in [3.63, 3.8) is 0 Å². The zero-order chi connectivity index (χ0) is 14.8. The molecule has 0 saturated heterocycles. The summed E-state index contributed by atoms with van der Waals surface area (Å²) in [5, 5.41) is 4.11. The molecule has 0 aliphatic heterocycles. The van der Waals surface area contributed by atoms with Crippen LogP contribution < -0.4 is 0 Å². The largest absolute Gasteiger partial charge is 0.364 e. The fourth-order valence-electron chi connectivity index (χ4n) is 1.58. The number of alkyl halides is 4. The van der Waals surface area contributed by atoms with Gasteiger partial charge in [0, 0.05) is 6.54 Å². The summed E-state index contributed by atoms with van der Waals surface area (Å²) in [5.74, 6) is -6.44. The predicted octanol–water partition coefficient (Wildman–Crippen LogP) is 3.24. The van der Waals surface area contributed by atoms with E-state index in [-0.39, 0.29) is 5.69 Å². The first-order valence-electron chi connectivity index (χ1n) is 5.68. The van der Waals surface area contributed by atoms with E-state index in [1.54, 1.807) is 6.92 Å². The maximum absolute atomic E-state index is 12.9. The molecule has 0 fully saturated rings. The molecule has 0 spiro atoms. The maximum Gasteiger partial charge on any atom is 0.364 e. The summed E-state index contributed by atoms with van der Waals surface area (Å²) >= 11 is 3.17. The van der Waals surface area contributed by atoms with E-state index in [0.717, 1.165) is 0 Å². The standard InChI is InChI=1S/C11H13BrF4N2O/c1-3-6-9(12)7(18(4-2)17-6)5-8(19)11(15,16)10(13)14/h10H,3-5H2,1-2H3. The lowest BCUT2D eigenvalue weighted by molar-refractivity contribution is -0.166. The summed E-state index contributed by atoms with van der Waals surface area (Å²) in [6.07, 6.45) is -4.24. The minimum atomic E-state index is -4.63. The van der Waals surface area contributed by atoms with Gasteiger partial charge in [0.25, 0.3) is 0 Å². The normalized spacial score (nSPS) is 12.2. The Morgan fingerprint density at radius 3 is 2.42 bits per heavy atom. The SMILES string of the molecule is CCc1nn(CC)c(CC(=O)C(F)(F)C(F)F)c1Br. The van der Waals surface area contributed by atoms with E-state index in [4.69, 9.17) is 0 Å². The Morgan fingerprint density at radius 1 is 1.42 bits per heavy atom. The molecule has 0 aromatic carbocycles. The Labute approximate surface area is 116 Å². The van der Waals surface area contributed by atoms with Gasteiger partial charge in [-0.3, -0.25) is 9.48 Å². The zero-order valence-corrected chi connectivity index (χ0v) is 12.0. The molecule has 1 heterocycles. The van der Waals surface area contributed by atoms with Crippen LogP contribution in [0.15, 0.2) is 4.47 Å². The molecule has 1 rings (SSSR count). The lowest BCUT2D eigenvalue weighted by atomic mass is 10.1. The van der Waals surface area contributed by atoms with Gasteiger partial charge in [-0.25, -0.2) is 8.78 Å². The molecule has 3 nitrogen and oxygen atoms in total. The number of ketones is 1. The minimum Gasteiger partial charge on any atom is -0.292 e. The van der Waals surface area contributed by atoms with Crippen molar-refractivity contribution < 1.29 is 22.4 Å². The van der Waals surface area contributed by atoms with Crippen LogP contribution in [-0.4, -0.2) is 27.9 Å². The number of nitrogens with zero attached hydrogens (tertiary/aromatic N) is 2. The average molecular weight is 345 g/mol. The number of aryl methyl sites for hydroxylation is 2. The lowest BCUT2D eigenvalue weighted by Crippen LogP contribution is -2.38. The molecule has 0 unspecified atom stereocenters. The van der Waals surface area contributed by atoms with Crippen molar-refractivity contribution in [2.75, 3.05) is 0 Å². The molecule has 0 saturated carbocycles. The Balaban J connectivity index is 3.06. The highest BCUT2D eigenvalue weighted by Crippen LogP contribution is 2.28. The monoisotopic (exact) mass is 344 g/mol. The third-order valence-corrected chi connectivity index (χ3v) is 3.58. The molecule has 0 aliphatic carbocycles. The van der Waals surface area contributed by atoms with Gasteiger partial charge < -0.3 is 0 Å². The van der Waals surface area contributed by atoms with E-state index < -0.39 is 24.6 Å². The van der Waals surface area contributed by atoms with Crippen molar-refractivity contribution in [2.24, 2.45) is 0 Å². The fraction of sp³-hybridized carbons (Fsp3) is 0.636. The molecule has 1 aromatic rings. The van der Waals surface area contributed by atoms with Gasteiger partial charge in [0.2, 0.25) is 5.78 Å². The Kier molecular flexibility index (Phi) is 5.11. The van der Waals surface area contributed by atoms with E-state index >= 15 is 0 Å². The molecule has 0 amide bonds. The Bertz CT molecular complexity index is 474. The fourth-order valence-corrected chi connectivity index (χ4v) is 2.28. The van der Waals surface area contributed by atoms with Gasteiger partial charge in [-0.05, 0) is 29.3 Å². The number of Topliss-reactive ketones (excluding diaryl/α,β-unsaturated/α-hetero) is 1. The highest BCUT2D eigenvalue weighted by atomic mass is 79.9. The summed E-state index contributed by atoms with van der Waals surface area (Å²) in [4.78, 5) is 11.3. The number of aromatic nitrogens is 2. The second kappa shape index (κ2) is 6.02. The third kappa shape index (κ3) is 3.16. The third-order valence-electron chi connectivity index (χ3n) is 2.67. The van der Waals surface area contributed by atoms with Crippen molar-refractivity contribution in [1.29, 1.82) is 0 Å². The summed E-state index contributed by atoms with van der Waals surface area (Å²) in [5.41, 5.74) is 0.801. The molecular formula is C11H13BrF4N2O. The summed E-state index contributed by atoms with van der Waals surface area (Å²) < 4.78 is 51.9. The quantitative estimate of drug-likeness (QED) is 0.742. The first kappa shape index (κ1) is 16.1. The van der Waals surface area contributed by atoms with Gasteiger partial charge in [-0.15, -0.1) is 0 Å². The molecule has 8 heteroatoms. The van der Waals surface area contributed by atoms with Crippen molar-refractivity contribution in [2.45, 2.75) is 45.6 Å². The van der Waals surface area contributed by atoms with Gasteiger partial charge >= 0.3 is 12.3 Å². The summed E-state index contributed by atoms with van der Waals surface area (Å²) in [6, 6.07) is 0. The van der Waals surface area contributed by atoms with E-state index in [1.165, 1.54) is 4.68 Å². The van der Waals surface area contributed by atoms with Gasteiger partial charge in [0.05, 0.1) is 22.3 Å². The molecule has 0 aliphatic rings. The number of rotatable bonds is 6. The number of halogens is 5. The van der Waals surface area contributed by atoms with E-state index in [2.05, 4.69) is 21.0 Å². The molecule has 1 aromatic heterocycles. The van der Waals surface area contributed by atoms with Gasteiger partial charge in [0.1, 0.15) is 0 Å². The zero-order valence-electron chi connectivity index (χ0n) is 10.4. The first-order chi connectivity index (χ1) is 8.75. The highest BCUT2D eigenvalue weighted by molar-refractivity contribution is 9.10. The molecule has 0 N–H and O–H groups in total. The van der Waals surface area contributed by atoms with Crippen LogP contribution in [0.4, 0.5) is 17.6 Å². The molecule has 0 radical (unpaired) electrons. The molecular weight excluding hydrogens is 332 g/mol. The number of hydrogen-bond acceptors (Lipinski definition) is 2. The van der Waals surface area contributed by atoms with Crippen LogP contribution in [0.2, 0.25) is 0 Å². The van der Waals surface area contributed by atoms with Crippen molar-refractivity contribution >= 4 is 21.7 Å². The van der Waals surface area contributed by atoms with Crippen LogP contribution in [0.1, 0.15) is 25.2 Å². The van der Waals surface area contributed by atoms with Crippen LogP contribution in [0.25, 0.3) is 0 Å². The number of hydrogen-bond donors (Lipinski definition) is 0. The second-order valence-corrected chi connectivity index (χ2v) is 4.69. The van der Waals surface area contributed by atoms with Crippen LogP contribution >= 0.6 is 15.9 Å². The van der Waals surface area contributed by atoms with Crippen molar-refractivity contribution in [3.8, 4) is 0 Å². The Hall–Kier alpha value is -0.920. The molecule has 0 atom stereocenters.